The van der Waals surface area contributed by atoms with Gasteiger partial charge in [-0.1, -0.05) is 24.3 Å². The first-order chi connectivity index (χ1) is 11.9. The number of anilines is 2. The molecule has 1 amide bonds. The van der Waals surface area contributed by atoms with Crippen LogP contribution in [0.25, 0.3) is 10.8 Å². The summed E-state index contributed by atoms with van der Waals surface area (Å²) in [4.78, 5) is 13.9. The van der Waals surface area contributed by atoms with Crippen molar-refractivity contribution in [1.82, 2.24) is 0 Å². The summed E-state index contributed by atoms with van der Waals surface area (Å²) >= 11 is 0. The van der Waals surface area contributed by atoms with Crippen molar-refractivity contribution in [1.29, 1.82) is 0 Å². The Hall–Kier alpha value is -3.06. The lowest BCUT2D eigenvalue weighted by Gasteiger charge is -2.13. The number of aromatic hydroxyl groups is 1. The van der Waals surface area contributed by atoms with Crippen LogP contribution in [0.1, 0.15) is 10.4 Å². The van der Waals surface area contributed by atoms with Crippen LogP contribution >= 0.6 is 0 Å². The molecule has 2 N–H and O–H groups in total. The summed E-state index contributed by atoms with van der Waals surface area (Å²) < 4.78 is 28.1. The molecule has 4 rings (SSSR count). The second-order valence-corrected chi connectivity index (χ2v) is 7.45. The molecule has 3 aromatic rings. The van der Waals surface area contributed by atoms with Gasteiger partial charge in [-0.05, 0) is 30.3 Å². The number of nitrogens with zero attached hydrogens (tertiary/aromatic N) is 1. The van der Waals surface area contributed by atoms with Gasteiger partial charge in [-0.3, -0.25) is 9.52 Å². The number of hydrogen-bond donors (Lipinski definition) is 2. The highest BCUT2D eigenvalue weighted by Crippen LogP contribution is 2.39. The third-order valence-electron chi connectivity index (χ3n) is 4.31. The third kappa shape index (κ3) is 2.24. The zero-order chi connectivity index (χ0) is 17.8. The molecule has 6 nitrogen and oxygen atoms in total. The van der Waals surface area contributed by atoms with E-state index in [9.17, 15) is 18.3 Å². The number of phenols is 1. The highest BCUT2D eigenvalue weighted by Gasteiger charge is 2.30. The highest BCUT2D eigenvalue weighted by atomic mass is 32.2. The molecule has 0 unspecified atom stereocenters. The van der Waals surface area contributed by atoms with E-state index < -0.39 is 10.0 Å². The van der Waals surface area contributed by atoms with Gasteiger partial charge in [0.1, 0.15) is 5.75 Å². The summed E-state index contributed by atoms with van der Waals surface area (Å²) in [5.41, 5.74) is 1.26. The normalized spacial score (nSPS) is 13.5. The average molecular weight is 354 g/mol. The van der Waals surface area contributed by atoms with E-state index in [2.05, 4.69) is 4.72 Å². The summed E-state index contributed by atoms with van der Waals surface area (Å²) in [5.74, 6) is -0.323. The van der Waals surface area contributed by atoms with Crippen LogP contribution in [-0.2, 0) is 10.0 Å². The van der Waals surface area contributed by atoms with Crippen LogP contribution in [0.5, 0.6) is 5.75 Å². The van der Waals surface area contributed by atoms with Crippen LogP contribution < -0.4 is 9.62 Å². The van der Waals surface area contributed by atoms with Gasteiger partial charge in [-0.25, -0.2) is 8.42 Å². The molecule has 0 fully saturated rings. The molecule has 0 saturated carbocycles. The van der Waals surface area contributed by atoms with Crippen LogP contribution in [0.3, 0.4) is 0 Å². The molecular weight excluding hydrogens is 340 g/mol. The van der Waals surface area contributed by atoms with Gasteiger partial charge >= 0.3 is 0 Å². The van der Waals surface area contributed by atoms with Crippen molar-refractivity contribution in [3.8, 4) is 5.75 Å². The number of hydrogen-bond acceptors (Lipinski definition) is 4. The zero-order valence-corrected chi connectivity index (χ0v) is 14.0. The smallest absolute Gasteiger partial charge is 0.262 e. The van der Waals surface area contributed by atoms with Gasteiger partial charge in [-0.2, -0.15) is 0 Å². The molecule has 1 heterocycles. The van der Waals surface area contributed by atoms with Crippen LogP contribution in [0.15, 0.2) is 59.5 Å². The molecule has 0 spiro atoms. The molecule has 0 atom stereocenters. The van der Waals surface area contributed by atoms with Crippen molar-refractivity contribution < 1.29 is 18.3 Å². The second kappa shape index (κ2) is 5.22. The van der Waals surface area contributed by atoms with Crippen molar-refractivity contribution >= 4 is 38.1 Å². The third-order valence-corrected chi connectivity index (χ3v) is 5.74. The molecule has 25 heavy (non-hydrogen) atoms. The Morgan fingerprint density at radius 3 is 2.52 bits per heavy atom. The number of sulfonamides is 1. The van der Waals surface area contributed by atoms with E-state index in [1.165, 1.54) is 23.1 Å². The quantitative estimate of drug-likeness (QED) is 0.708. The Bertz CT molecular complexity index is 1140. The summed E-state index contributed by atoms with van der Waals surface area (Å²) in [6.07, 6.45) is 0. The van der Waals surface area contributed by atoms with Crippen molar-refractivity contribution in [3.05, 3.63) is 60.2 Å². The standard InChI is InChI=1S/C18H14N2O4S/c1-20-14-9-10-16(11-5-4-6-12(17(11)14)18(20)22)25(23,24)19-13-7-2-3-8-15(13)21/h2-10,19,21H,1H3. The maximum Gasteiger partial charge on any atom is 0.262 e. The maximum absolute atomic E-state index is 12.9. The fourth-order valence-electron chi connectivity index (χ4n) is 3.10. The van der Waals surface area contributed by atoms with Crippen molar-refractivity contribution in [2.24, 2.45) is 0 Å². The fraction of sp³-hybridized carbons (Fsp3) is 0.0556. The molecule has 0 bridgehead atoms. The number of amides is 1. The lowest BCUT2D eigenvalue weighted by Crippen LogP contribution is -2.20. The van der Waals surface area contributed by atoms with E-state index in [0.717, 1.165) is 0 Å². The largest absolute Gasteiger partial charge is 0.506 e. The topological polar surface area (TPSA) is 86.7 Å². The first kappa shape index (κ1) is 15.5. The fourth-order valence-corrected chi connectivity index (χ4v) is 4.38. The summed E-state index contributed by atoms with van der Waals surface area (Å²) in [5, 5.41) is 10.9. The van der Waals surface area contributed by atoms with E-state index in [-0.39, 0.29) is 22.2 Å². The number of rotatable bonds is 3. The highest BCUT2D eigenvalue weighted by molar-refractivity contribution is 7.93. The number of nitrogens with one attached hydrogen (secondary N) is 1. The van der Waals surface area contributed by atoms with E-state index >= 15 is 0 Å². The predicted octanol–water partition coefficient (Wildman–Crippen LogP) is 2.94. The SMILES string of the molecule is CN1C(=O)c2cccc3c(S(=O)(=O)Nc4ccccc4O)ccc1c23. The molecule has 0 radical (unpaired) electrons. The molecule has 126 valence electrons. The van der Waals surface area contributed by atoms with E-state index in [4.69, 9.17) is 0 Å². The summed E-state index contributed by atoms with van der Waals surface area (Å²) in [6.45, 7) is 0. The number of benzene rings is 3. The van der Waals surface area contributed by atoms with E-state index in [0.29, 0.717) is 22.0 Å². The molecule has 0 aliphatic carbocycles. The van der Waals surface area contributed by atoms with Crippen molar-refractivity contribution in [2.45, 2.75) is 4.90 Å². The predicted molar refractivity (Wildman–Crippen MR) is 95.6 cm³/mol. The van der Waals surface area contributed by atoms with Gasteiger partial charge in [0.25, 0.3) is 15.9 Å². The molecule has 1 aliphatic rings. The molecule has 3 aromatic carbocycles. The Morgan fingerprint density at radius 2 is 1.76 bits per heavy atom. The Kier molecular flexibility index (Phi) is 3.23. The number of carbonyl (C=O) groups excluding carboxylic acids is 1. The number of para-hydroxylation sites is 2. The van der Waals surface area contributed by atoms with Gasteiger partial charge in [0.2, 0.25) is 0 Å². The average Bonchev–Trinajstić information content (AvgIpc) is 2.84. The monoisotopic (exact) mass is 354 g/mol. The zero-order valence-electron chi connectivity index (χ0n) is 13.2. The lowest BCUT2D eigenvalue weighted by molar-refractivity contribution is 0.0999. The Balaban J connectivity index is 1.91. The minimum absolute atomic E-state index is 0.0550. The van der Waals surface area contributed by atoms with Crippen LogP contribution in [0, 0.1) is 0 Å². The van der Waals surface area contributed by atoms with Gasteiger partial charge in [0.05, 0.1) is 16.3 Å². The van der Waals surface area contributed by atoms with Gasteiger partial charge < -0.3 is 10.0 Å². The number of carbonyl (C=O) groups is 1. The molecule has 1 aliphatic heterocycles. The molecular formula is C18H14N2O4S. The second-order valence-electron chi connectivity index (χ2n) is 5.80. The molecule has 7 heteroatoms. The maximum atomic E-state index is 12.9. The Morgan fingerprint density at radius 1 is 1.00 bits per heavy atom. The van der Waals surface area contributed by atoms with Gasteiger partial charge in [0.15, 0.2) is 0 Å². The number of phenolic OH excluding ortho intramolecular Hbond substituents is 1. The van der Waals surface area contributed by atoms with Crippen LogP contribution in [-0.4, -0.2) is 26.5 Å². The summed E-state index contributed by atoms with van der Waals surface area (Å²) in [6, 6.07) is 14.2. The Labute approximate surface area is 144 Å². The van der Waals surface area contributed by atoms with E-state index in [1.54, 1.807) is 43.4 Å². The first-order valence-corrected chi connectivity index (χ1v) is 9.03. The molecule has 0 saturated heterocycles. The van der Waals surface area contributed by atoms with Gasteiger partial charge in [-0.15, -0.1) is 0 Å². The molecule has 0 aromatic heterocycles. The minimum Gasteiger partial charge on any atom is -0.506 e. The van der Waals surface area contributed by atoms with Gasteiger partial charge in [0, 0.05) is 23.4 Å². The first-order valence-electron chi connectivity index (χ1n) is 7.55. The lowest BCUT2D eigenvalue weighted by atomic mass is 10.1. The summed E-state index contributed by atoms with van der Waals surface area (Å²) in [7, 11) is -2.28. The van der Waals surface area contributed by atoms with Crippen molar-refractivity contribution in [2.75, 3.05) is 16.7 Å². The van der Waals surface area contributed by atoms with E-state index in [1.807, 2.05) is 0 Å². The van der Waals surface area contributed by atoms with Crippen molar-refractivity contribution in [3.63, 3.8) is 0 Å². The van der Waals surface area contributed by atoms with Crippen LogP contribution in [0.4, 0.5) is 11.4 Å². The van der Waals surface area contributed by atoms with Crippen LogP contribution in [0.2, 0.25) is 0 Å². The minimum atomic E-state index is -3.94.